The number of rotatable bonds is 5. The minimum Gasteiger partial charge on any atom is -0.496 e. The summed E-state index contributed by atoms with van der Waals surface area (Å²) in [7, 11) is 1.64. The van der Waals surface area contributed by atoms with Crippen molar-refractivity contribution in [2.45, 2.75) is 19.9 Å². The summed E-state index contributed by atoms with van der Waals surface area (Å²) in [4.78, 5) is 22.8. The van der Waals surface area contributed by atoms with Crippen molar-refractivity contribution in [3.05, 3.63) is 106 Å². The summed E-state index contributed by atoms with van der Waals surface area (Å²) in [6, 6.07) is 22.4. The van der Waals surface area contributed by atoms with E-state index in [4.69, 9.17) is 27.2 Å². The van der Waals surface area contributed by atoms with Crippen molar-refractivity contribution in [3.8, 4) is 22.7 Å². The number of aryl methyl sites for hydroxylation is 1. The number of hydrogen-bond acceptors (Lipinski definition) is 6. The van der Waals surface area contributed by atoms with Gasteiger partial charge in [-0.3, -0.25) is 9.36 Å². The molecule has 6 aromatic rings. The number of halogens is 1. The smallest absolute Gasteiger partial charge is 0.264 e. The molecule has 39 heavy (non-hydrogen) atoms. The molecule has 3 aromatic heterocycles. The van der Waals surface area contributed by atoms with E-state index in [9.17, 15) is 4.79 Å². The number of nitrogens with zero attached hydrogens (tertiary/aromatic N) is 5. The van der Waals surface area contributed by atoms with Crippen molar-refractivity contribution >= 4 is 39.2 Å². The molecule has 8 nitrogen and oxygen atoms in total. The molecule has 0 amide bonds. The maximum Gasteiger partial charge on any atom is 0.264 e. The summed E-state index contributed by atoms with van der Waals surface area (Å²) in [5.74, 6) is 1.11. The van der Waals surface area contributed by atoms with Crippen LogP contribution in [-0.2, 0) is 0 Å². The number of anilines is 1. The van der Waals surface area contributed by atoms with Gasteiger partial charge in [0.2, 0.25) is 0 Å². The number of aromatic nitrogens is 5. The quantitative estimate of drug-likeness (QED) is 0.292. The van der Waals surface area contributed by atoms with Crippen LogP contribution >= 0.6 is 11.6 Å². The average molecular weight is 537 g/mol. The molecular formula is C30H25ClN6O2. The van der Waals surface area contributed by atoms with E-state index in [1.165, 1.54) is 6.33 Å². The molecule has 0 bridgehead atoms. The Morgan fingerprint density at radius 1 is 0.974 bits per heavy atom. The minimum atomic E-state index is -0.411. The molecule has 0 spiro atoms. The van der Waals surface area contributed by atoms with Gasteiger partial charge >= 0.3 is 0 Å². The lowest BCUT2D eigenvalue weighted by molar-refractivity contribution is 0.412. The maximum absolute atomic E-state index is 13.9. The Morgan fingerprint density at radius 3 is 2.51 bits per heavy atom. The summed E-state index contributed by atoms with van der Waals surface area (Å²) < 4.78 is 8.93. The number of fused-ring (bicyclic) bond motifs is 2. The Hall–Kier alpha value is -4.69. The first-order valence-electron chi connectivity index (χ1n) is 12.4. The van der Waals surface area contributed by atoms with Crippen molar-refractivity contribution in [1.82, 2.24) is 24.3 Å². The molecule has 0 fully saturated rings. The third kappa shape index (κ3) is 4.00. The molecule has 0 aliphatic carbocycles. The van der Waals surface area contributed by atoms with E-state index in [2.05, 4.69) is 9.97 Å². The molecule has 2 N–H and O–H groups in total. The topological polar surface area (TPSA) is 101 Å². The molecule has 3 heterocycles. The van der Waals surface area contributed by atoms with Gasteiger partial charge in [0, 0.05) is 11.3 Å². The van der Waals surface area contributed by atoms with Crippen LogP contribution in [0.2, 0.25) is 5.02 Å². The number of ether oxygens (including phenoxy) is 1. The highest BCUT2D eigenvalue weighted by Gasteiger charge is 2.25. The van der Waals surface area contributed by atoms with Crippen LogP contribution in [-0.4, -0.2) is 31.4 Å². The molecule has 9 heteroatoms. The Balaban J connectivity index is 1.63. The van der Waals surface area contributed by atoms with Gasteiger partial charge in [0.05, 0.1) is 34.6 Å². The van der Waals surface area contributed by atoms with Crippen LogP contribution in [0.25, 0.3) is 38.8 Å². The minimum absolute atomic E-state index is 0.206. The summed E-state index contributed by atoms with van der Waals surface area (Å²) >= 11 is 6.50. The Bertz CT molecular complexity index is 1930. The highest BCUT2D eigenvalue weighted by Crippen LogP contribution is 2.35. The number of para-hydroxylation sites is 1. The molecule has 6 rings (SSSR count). The Morgan fingerprint density at radius 2 is 1.77 bits per heavy atom. The molecule has 1 atom stereocenters. The van der Waals surface area contributed by atoms with Gasteiger partial charge in [-0.05, 0) is 67.3 Å². The van der Waals surface area contributed by atoms with Crippen molar-refractivity contribution < 1.29 is 4.74 Å². The van der Waals surface area contributed by atoms with E-state index in [1.807, 2.05) is 80.6 Å². The lowest BCUT2D eigenvalue weighted by Crippen LogP contribution is -2.26. The van der Waals surface area contributed by atoms with E-state index in [1.54, 1.807) is 22.4 Å². The van der Waals surface area contributed by atoms with Crippen LogP contribution in [0.5, 0.6) is 5.75 Å². The highest BCUT2D eigenvalue weighted by atomic mass is 35.5. The zero-order valence-electron chi connectivity index (χ0n) is 21.6. The predicted octanol–water partition coefficient (Wildman–Crippen LogP) is 5.96. The predicted molar refractivity (Wildman–Crippen MR) is 155 cm³/mol. The van der Waals surface area contributed by atoms with Crippen LogP contribution in [0.15, 0.2) is 83.9 Å². The normalized spacial score (nSPS) is 12.2. The second kappa shape index (κ2) is 9.56. The van der Waals surface area contributed by atoms with E-state index < -0.39 is 6.04 Å². The third-order valence-corrected chi connectivity index (χ3v) is 7.34. The number of benzene rings is 3. The van der Waals surface area contributed by atoms with E-state index >= 15 is 0 Å². The largest absolute Gasteiger partial charge is 0.496 e. The molecule has 1 unspecified atom stereocenters. The molecule has 0 saturated heterocycles. The third-order valence-electron chi connectivity index (χ3n) is 7.02. The monoisotopic (exact) mass is 536 g/mol. The zero-order valence-corrected chi connectivity index (χ0v) is 22.3. The van der Waals surface area contributed by atoms with Crippen molar-refractivity contribution in [2.75, 3.05) is 12.8 Å². The molecule has 3 aromatic carbocycles. The van der Waals surface area contributed by atoms with Crippen LogP contribution in [0.1, 0.15) is 24.2 Å². The first kappa shape index (κ1) is 24.6. The Labute approximate surface area is 229 Å². The van der Waals surface area contributed by atoms with Crippen LogP contribution in [0, 0.1) is 6.92 Å². The van der Waals surface area contributed by atoms with E-state index in [0.29, 0.717) is 33.0 Å². The Kier molecular flexibility index (Phi) is 6.04. The van der Waals surface area contributed by atoms with Gasteiger partial charge in [0.15, 0.2) is 5.65 Å². The second-order valence-corrected chi connectivity index (χ2v) is 9.77. The van der Waals surface area contributed by atoms with Crippen LogP contribution in [0.3, 0.4) is 0 Å². The van der Waals surface area contributed by atoms with Gasteiger partial charge in [-0.15, -0.1) is 0 Å². The summed E-state index contributed by atoms with van der Waals surface area (Å²) in [6.07, 6.45) is 1.43. The first-order valence-corrected chi connectivity index (χ1v) is 12.8. The fraction of sp³-hybridized carbons (Fsp3) is 0.133. The molecule has 194 valence electrons. The maximum atomic E-state index is 13.9. The van der Waals surface area contributed by atoms with Gasteiger partial charge in [-0.1, -0.05) is 41.9 Å². The number of nitrogens with two attached hydrogens (primary N) is 1. The fourth-order valence-corrected chi connectivity index (χ4v) is 5.37. The molecule has 0 aliphatic heterocycles. The number of nitrogen functional groups attached to an aromatic ring is 1. The average Bonchev–Trinajstić information content (AvgIpc) is 3.34. The number of hydrogen-bond donors (Lipinski definition) is 1. The number of pyridine rings is 1. The molecular weight excluding hydrogens is 512 g/mol. The van der Waals surface area contributed by atoms with Gasteiger partial charge in [-0.25, -0.2) is 14.6 Å². The summed E-state index contributed by atoms with van der Waals surface area (Å²) in [5, 5.41) is 7.27. The lowest BCUT2D eigenvalue weighted by Gasteiger charge is -2.21. The summed E-state index contributed by atoms with van der Waals surface area (Å²) in [5.41, 5.74) is 10.7. The highest BCUT2D eigenvalue weighted by molar-refractivity contribution is 6.35. The van der Waals surface area contributed by atoms with Crippen LogP contribution in [0.4, 0.5) is 5.82 Å². The van der Waals surface area contributed by atoms with Crippen LogP contribution < -0.4 is 16.0 Å². The lowest BCUT2D eigenvalue weighted by atomic mass is 10.1. The van der Waals surface area contributed by atoms with Gasteiger partial charge in [0.1, 0.15) is 23.6 Å². The fourth-order valence-electron chi connectivity index (χ4n) is 5.11. The zero-order chi connectivity index (χ0) is 27.3. The van der Waals surface area contributed by atoms with E-state index in [0.717, 1.165) is 33.6 Å². The molecule has 0 aliphatic rings. The van der Waals surface area contributed by atoms with Gasteiger partial charge in [0.25, 0.3) is 5.56 Å². The molecule has 0 saturated carbocycles. The second-order valence-electron chi connectivity index (χ2n) is 9.36. The van der Waals surface area contributed by atoms with Crippen molar-refractivity contribution in [1.29, 1.82) is 0 Å². The standard InChI is InChI=1S/C30H25ClN6O2/c1-17-14-20(12-13-24(17)39-3)27-26-28(32)33-16-34-29(26)37(35-27)18(2)23-15-19-8-7-11-22(31)25(19)30(38)36(23)21-9-5-4-6-10-21/h4-16,18H,1-3H3,(H2,32,33,34). The molecule has 0 radical (unpaired) electrons. The number of methoxy groups -OCH3 is 1. The summed E-state index contributed by atoms with van der Waals surface area (Å²) in [6.45, 7) is 3.96. The van der Waals surface area contributed by atoms with Crippen molar-refractivity contribution in [3.63, 3.8) is 0 Å². The van der Waals surface area contributed by atoms with E-state index in [-0.39, 0.29) is 5.56 Å². The van der Waals surface area contributed by atoms with Crippen molar-refractivity contribution in [2.24, 2.45) is 0 Å². The first-order chi connectivity index (χ1) is 18.9. The SMILES string of the molecule is COc1ccc(-c2nn(C(C)c3cc4cccc(Cl)c4c(=O)n3-c3ccccc3)c3ncnc(N)c23)cc1C. The van der Waals surface area contributed by atoms with Gasteiger partial charge < -0.3 is 10.5 Å². The van der Waals surface area contributed by atoms with Gasteiger partial charge in [-0.2, -0.15) is 5.10 Å².